The average Bonchev–Trinajstić information content (AvgIpc) is 2.67. The molecule has 5 heteroatoms. The Balaban J connectivity index is 1.99. The minimum Gasteiger partial charge on any atom is -0.386 e. The second-order valence-electron chi connectivity index (χ2n) is 5.14. The van der Waals surface area contributed by atoms with Gasteiger partial charge < -0.3 is 15.2 Å². The molecule has 1 saturated heterocycles. The molecule has 0 spiro atoms. The Labute approximate surface area is 121 Å². The SMILES string of the molecule is CC(NCC1(O)CCOC1C)c1ccc(F)cc1Br. The van der Waals surface area contributed by atoms with Gasteiger partial charge in [0.15, 0.2) is 0 Å². The van der Waals surface area contributed by atoms with Gasteiger partial charge in [-0.05, 0) is 31.5 Å². The van der Waals surface area contributed by atoms with Gasteiger partial charge in [-0.15, -0.1) is 0 Å². The van der Waals surface area contributed by atoms with Crippen LogP contribution in [0.5, 0.6) is 0 Å². The van der Waals surface area contributed by atoms with E-state index >= 15 is 0 Å². The lowest BCUT2D eigenvalue weighted by Gasteiger charge is -2.28. The van der Waals surface area contributed by atoms with Crippen molar-refractivity contribution in [2.45, 2.75) is 38.0 Å². The van der Waals surface area contributed by atoms with Crippen molar-refractivity contribution >= 4 is 15.9 Å². The third kappa shape index (κ3) is 3.34. The molecular formula is C14H19BrFNO2. The second kappa shape index (κ2) is 5.87. The number of halogens is 2. The first kappa shape index (κ1) is 14.9. The van der Waals surface area contributed by atoms with Crippen LogP contribution < -0.4 is 5.32 Å². The highest BCUT2D eigenvalue weighted by molar-refractivity contribution is 9.10. The van der Waals surface area contributed by atoms with Crippen molar-refractivity contribution < 1.29 is 14.2 Å². The molecule has 0 amide bonds. The molecule has 3 atom stereocenters. The van der Waals surface area contributed by atoms with Gasteiger partial charge >= 0.3 is 0 Å². The predicted molar refractivity (Wildman–Crippen MR) is 75.5 cm³/mol. The first-order valence-corrected chi connectivity index (χ1v) is 7.24. The first-order chi connectivity index (χ1) is 8.92. The van der Waals surface area contributed by atoms with Crippen molar-refractivity contribution in [2.75, 3.05) is 13.2 Å². The van der Waals surface area contributed by atoms with Gasteiger partial charge in [-0.2, -0.15) is 0 Å². The molecule has 0 bridgehead atoms. The van der Waals surface area contributed by atoms with E-state index in [2.05, 4.69) is 21.2 Å². The summed E-state index contributed by atoms with van der Waals surface area (Å²) in [6.45, 7) is 4.92. The van der Waals surface area contributed by atoms with Crippen molar-refractivity contribution in [3.63, 3.8) is 0 Å². The lowest BCUT2D eigenvalue weighted by Crippen LogP contribution is -2.46. The predicted octanol–water partition coefficient (Wildman–Crippen LogP) is 2.78. The van der Waals surface area contributed by atoms with E-state index in [1.54, 1.807) is 6.07 Å². The maximum atomic E-state index is 13.0. The van der Waals surface area contributed by atoms with Crippen molar-refractivity contribution in [1.29, 1.82) is 0 Å². The highest BCUT2D eigenvalue weighted by atomic mass is 79.9. The number of hydrogen-bond donors (Lipinski definition) is 2. The Bertz CT molecular complexity index is 457. The molecule has 2 N–H and O–H groups in total. The maximum absolute atomic E-state index is 13.0. The number of rotatable bonds is 4. The minimum absolute atomic E-state index is 0.0202. The van der Waals surface area contributed by atoms with Crippen LogP contribution in [0.25, 0.3) is 0 Å². The van der Waals surface area contributed by atoms with E-state index in [4.69, 9.17) is 4.74 Å². The summed E-state index contributed by atoms with van der Waals surface area (Å²) in [5.41, 5.74) is 0.150. The molecule has 0 saturated carbocycles. The van der Waals surface area contributed by atoms with Gasteiger partial charge in [0.25, 0.3) is 0 Å². The zero-order valence-corrected chi connectivity index (χ0v) is 12.7. The van der Waals surface area contributed by atoms with Crippen LogP contribution in [-0.4, -0.2) is 30.0 Å². The highest BCUT2D eigenvalue weighted by Gasteiger charge is 2.39. The Kier molecular flexibility index (Phi) is 4.61. The number of aliphatic hydroxyl groups is 1. The van der Waals surface area contributed by atoms with Crippen LogP contribution in [0.3, 0.4) is 0 Å². The van der Waals surface area contributed by atoms with Crippen molar-refractivity contribution in [2.24, 2.45) is 0 Å². The van der Waals surface area contributed by atoms with Gasteiger partial charge in [0, 0.05) is 30.1 Å². The summed E-state index contributed by atoms with van der Waals surface area (Å²) in [6, 6.07) is 4.65. The molecule has 2 rings (SSSR count). The zero-order chi connectivity index (χ0) is 14.0. The van der Waals surface area contributed by atoms with Crippen LogP contribution in [0, 0.1) is 5.82 Å². The van der Waals surface area contributed by atoms with Gasteiger partial charge in [-0.25, -0.2) is 4.39 Å². The fraction of sp³-hybridized carbons (Fsp3) is 0.571. The molecule has 1 aromatic rings. The smallest absolute Gasteiger partial charge is 0.124 e. The summed E-state index contributed by atoms with van der Waals surface area (Å²) in [6.07, 6.45) is 0.474. The van der Waals surface area contributed by atoms with E-state index in [9.17, 15) is 9.50 Å². The van der Waals surface area contributed by atoms with Crippen LogP contribution in [0.2, 0.25) is 0 Å². The Morgan fingerprint density at radius 2 is 2.37 bits per heavy atom. The zero-order valence-electron chi connectivity index (χ0n) is 11.1. The topological polar surface area (TPSA) is 41.5 Å². The Morgan fingerprint density at radius 3 is 2.95 bits per heavy atom. The maximum Gasteiger partial charge on any atom is 0.124 e. The van der Waals surface area contributed by atoms with E-state index in [0.717, 1.165) is 10.0 Å². The Hall–Kier alpha value is -0.490. The van der Waals surface area contributed by atoms with Crippen molar-refractivity contribution in [1.82, 2.24) is 5.32 Å². The molecule has 1 aliphatic rings. The van der Waals surface area contributed by atoms with Crippen LogP contribution in [-0.2, 0) is 4.74 Å². The van der Waals surface area contributed by atoms with Gasteiger partial charge in [0.2, 0.25) is 0 Å². The van der Waals surface area contributed by atoms with Gasteiger partial charge in [-0.3, -0.25) is 0 Å². The van der Waals surface area contributed by atoms with E-state index in [1.807, 2.05) is 13.8 Å². The molecule has 1 heterocycles. The summed E-state index contributed by atoms with van der Waals surface area (Å²) in [5.74, 6) is -0.265. The summed E-state index contributed by atoms with van der Waals surface area (Å²) in [5, 5.41) is 13.7. The van der Waals surface area contributed by atoms with Gasteiger partial charge in [0.1, 0.15) is 11.4 Å². The lowest BCUT2D eigenvalue weighted by molar-refractivity contribution is -0.0274. The van der Waals surface area contributed by atoms with E-state index in [0.29, 0.717) is 19.6 Å². The van der Waals surface area contributed by atoms with Crippen LogP contribution in [0.15, 0.2) is 22.7 Å². The van der Waals surface area contributed by atoms with Crippen LogP contribution in [0.1, 0.15) is 31.9 Å². The summed E-state index contributed by atoms with van der Waals surface area (Å²) < 4.78 is 19.2. The third-order valence-corrected chi connectivity index (χ3v) is 4.49. The largest absolute Gasteiger partial charge is 0.386 e. The molecule has 0 aliphatic carbocycles. The van der Waals surface area contributed by atoms with E-state index in [1.165, 1.54) is 12.1 Å². The molecule has 0 radical (unpaired) electrons. The van der Waals surface area contributed by atoms with E-state index < -0.39 is 5.60 Å². The van der Waals surface area contributed by atoms with Gasteiger partial charge in [0.05, 0.1) is 6.10 Å². The molecular weight excluding hydrogens is 313 g/mol. The second-order valence-corrected chi connectivity index (χ2v) is 5.99. The van der Waals surface area contributed by atoms with Crippen LogP contribution >= 0.6 is 15.9 Å². The Morgan fingerprint density at radius 1 is 1.63 bits per heavy atom. The van der Waals surface area contributed by atoms with Crippen LogP contribution in [0.4, 0.5) is 4.39 Å². The quantitative estimate of drug-likeness (QED) is 0.891. The van der Waals surface area contributed by atoms with Gasteiger partial charge in [-0.1, -0.05) is 22.0 Å². The van der Waals surface area contributed by atoms with E-state index in [-0.39, 0.29) is 18.0 Å². The highest BCUT2D eigenvalue weighted by Crippen LogP contribution is 2.28. The number of hydrogen-bond acceptors (Lipinski definition) is 3. The summed E-state index contributed by atoms with van der Waals surface area (Å²) in [7, 11) is 0. The summed E-state index contributed by atoms with van der Waals surface area (Å²) >= 11 is 3.36. The van der Waals surface area contributed by atoms with Crippen molar-refractivity contribution in [3.05, 3.63) is 34.1 Å². The lowest BCUT2D eigenvalue weighted by atomic mass is 9.96. The summed E-state index contributed by atoms with van der Waals surface area (Å²) in [4.78, 5) is 0. The molecule has 106 valence electrons. The average molecular weight is 332 g/mol. The normalized spacial score (nSPS) is 28.6. The molecule has 0 aromatic heterocycles. The molecule has 1 aromatic carbocycles. The van der Waals surface area contributed by atoms with Crippen molar-refractivity contribution in [3.8, 4) is 0 Å². The third-order valence-electron chi connectivity index (χ3n) is 3.80. The first-order valence-electron chi connectivity index (χ1n) is 6.45. The fourth-order valence-electron chi connectivity index (χ4n) is 2.30. The number of benzene rings is 1. The standard InChI is InChI=1S/C14H19BrFNO2/c1-9(12-4-3-11(16)7-13(12)15)17-8-14(18)5-6-19-10(14)2/h3-4,7,9-10,17-18H,5-6,8H2,1-2H3. The number of nitrogens with one attached hydrogen (secondary N) is 1. The minimum atomic E-state index is -0.819. The molecule has 3 unspecified atom stereocenters. The molecule has 1 fully saturated rings. The molecule has 3 nitrogen and oxygen atoms in total. The monoisotopic (exact) mass is 331 g/mol. The molecule has 19 heavy (non-hydrogen) atoms. The number of ether oxygens (including phenoxy) is 1. The molecule has 1 aliphatic heterocycles. The fourth-order valence-corrected chi connectivity index (χ4v) is 2.99.